The molecule has 0 unspecified atom stereocenters. The number of carbonyl (C=O) groups excluding carboxylic acids is 1. The van der Waals surface area contributed by atoms with Gasteiger partial charge in [-0.1, -0.05) is 12.8 Å². The summed E-state index contributed by atoms with van der Waals surface area (Å²) in [6, 6.07) is 2.18. The fourth-order valence-corrected chi connectivity index (χ4v) is 3.21. The first-order valence-electron chi connectivity index (χ1n) is 7.50. The lowest BCUT2D eigenvalue weighted by Gasteiger charge is -2.26. The summed E-state index contributed by atoms with van der Waals surface area (Å²) in [5.74, 6) is -0.0756. The van der Waals surface area contributed by atoms with E-state index in [0.29, 0.717) is 24.0 Å². The molecule has 0 radical (unpaired) electrons. The van der Waals surface area contributed by atoms with Gasteiger partial charge in [0, 0.05) is 24.2 Å². The Labute approximate surface area is 119 Å². The summed E-state index contributed by atoms with van der Waals surface area (Å²) < 4.78 is 1.99. The zero-order valence-electron chi connectivity index (χ0n) is 11.8. The summed E-state index contributed by atoms with van der Waals surface area (Å²) in [6.45, 7) is 0.705. The van der Waals surface area contributed by atoms with Gasteiger partial charge in [0.05, 0.1) is 12.3 Å². The number of hydrogen-bond acceptors (Lipinski definition) is 3. The van der Waals surface area contributed by atoms with Gasteiger partial charge in [0.1, 0.15) is 5.69 Å². The molecule has 20 heavy (non-hydrogen) atoms. The SMILES string of the molecule is Nc1cc(C(=O)NCC2(CO)CCCC2)n(C2CC2)c1. The minimum absolute atomic E-state index is 0.0756. The lowest BCUT2D eigenvalue weighted by atomic mass is 9.87. The zero-order chi connectivity index (χ0) is 14.2. The van der Waals surface area contributed by atoms with E-state index in [9.17, 15) is 9.90 Å². The standard InChI is InChI=1S/C15H23N3O2/c16-11-7-13(18(8-11)12-3-4-12)14(20)17-9-15(10-19)5-1-2-6-15/h7-8,12,19H,1-6,9-10,16H2,(H,17,20). The molecule has 0 atom stereocenters. The number of aliphatic hydroxyl groups excluding tert-OH is 1. The molecule has 0 saturated heterocycles. The van der Waals surface area contributed by atoms with Crippen LogP contribution < -0.4 is 11.1 Å². The van der Waals surface area contributed by atoms with Crippen LogP contribution in [-0.2, 0) is 0 Å². The third kappa shape index (κ3) is 2.54. The summed E-state index contributed by atoms with van der Waals surface area (Å²) in [5.41, 5.74) is 6.99. The van der Waals surface area contributed by atoms with Crippen molar-refractivity contribution in [2.24, 2.45) is 5.41 Å². The first-order chi connectivity index (χ1) is 9.63. The van der Waals surface area contributed by atoms with Crippen LogP contribution >= 0.6 is 0 Å². The van der Waals surface area contributed by atoms with Crippen LogP contribution in [0, 0.1) is 5.41 Å². The normalized spacial score (nSPS) is 21.1. The van der Waals surface area contributed by atoms with Crippen molar-refractivity contribution >= 4 is 11.6 Å². The Morgan fingerprint density at radius 2 is 2.15 bits per heavy atom. The molecule has 110 valence electrons. The van der Waals surface area contributed by atoms with Crippen molar-refractivity contribution < 1.29 is 9.90 Å². The minimum Gasteiger partial charge on any atom is -0.397 e. The van der Waals surface area contributed by atoms with Gasteiger partial charge in [-0.15, -0.1) is 0 Å². The van der Waals surface area contributed by atoms with E-state index in [1.54, 1.807) is 6.07 Å². The molecule has 0 bridgehead atoms. The van der Waals surface area contributed by atoms with E-state index in [-0.39, 0.29) is 17.9 Å². The third-order valence-corrected chi connectivity index (χ3v) is 4.67. The highest BCUT2D eigenvalue weighted by molar-refractivity contribution is 5.94. The van der Waals surface area contributed by atoms with Crippen LogP contribution in [0.1, 0.15) is 55.1 Å². The van der Waals surface area contributed by atoms with Gasteiger partial charge in [0.2, 0.25) is 0 Å². The molecule has 3 rings (SSSR count). The van der Waals surface area contributed by atoms with Crippen molar-refractivity contribution in [2.45, 2.75) is 44.6 Å². The molecular formula is C15H23N3O2. The number of nitrogens with two attached hydrogens (primary N) is 1. The number of nitrogens with one attached hydrogen (secondary N) is 1. The van der Waals surface area contributed by atoms with Crippen LogP contribution in [-0.4, -0.2) is 28.7 Å². The van der Waals surface area contributed by atoms with Crippen LogP contribution in [0.15, 0.2) is 12.3 Å². The number of nitrogen functional groups attached to an aromatic ring is 1. The van der Waals surface area contributed by atoms with Gasteiger partial charge in [-0.25, -0.2) is 0 Å². The van der Waals surface area contributed by atoms with E-state index in [0.717, 1.165) is 38.5 Å². The van der Waals surface area contributed by atoms with Gasteiger partial charge in [0.15, 0.2) is 0 Å². The summed E-state index contributed by atoms with van der Waals surface area (Å²) in [5, 5.41) is 12.6. The van der Waals surface area contributed by atoms with Crippen molar-refractivity contribution in [1.29, 1.82) is 0 Å². The molecule has 0 aromatic carbocycles. The predicted molar refractivity (Wildman–Crippen MR) is 77.4 cm³/mol. The lowest BCUT2D eigenvalue weighted by Crippen LogP contribution is -2.38. The van der Waals surface area contributed by atoms with Gasteiger partial charge in [0.25, 0.3) is 5.91 Å². The highest BCUT2D eigenvalue weighted by atomic mass is 16.3. The molecule has 1 aromatic heterocycles. The fourth-order valence-electron chi connectivity index (χ4n) is 3.21. The van der Waals surface area contributed by atoms with Crippen molar-refractivity contribution in [1.82, 2.24) is 9.88 Å². The Morgan fingerprint density at radius 3 is 2.75 bits per heavy atom. The van der Waals surface area contributed by atoms with Crippen LogP contribution in [0.2, 0.25) is 0 Å². The molecular weight excluding hydrogens is 254 g/mol. The first-order valence-corrected chi connectivity index (χ1v) is 7.50. The smallest absolute Gasteiger partial charge is 0.268 e. The fraction of sp³-hybridized carbons (Fsp3) is 0.667. The van der Waals surface area contributed by atoms with E-state index in [4.69, 9.17) is 5.73 Å². The van der Waals surface area contributed by atoms with E-state index >= 15 is 0 Å². The highest BCUT2D eigenvalue weighted by Gasteiger charge is 2.34. The van der Waals surface area contributed by atoms with Crippen molar-refractivity contribution in [3.63, 3.8) is 0 Å². The topological polar surface area (TPSA) is 80.3 Å². The minimum atomic E-state index is -0.113. The Bertz CT molecular complexity index is 499. The molecule has 0 spiro atoms. The molecule has 2 aliphatic carbocycles. The van der Waals surface area contributed by atoms with Gasteiger partial charge in [-0.05, 0) is 31.7 Å². The molecule has 1 aromatic rings. The zero-order valence-corrected chi connectivity index (χ0v) is 11.8. The average molecular weight is 277 g/mol. The molecule has 2 saturated carbocycles. The second-order valence-electron chi connectivity index (χ2n) is 6.35. The predicted octanol–water partition coefficient (Wildman–Crippen LogP) is 1.69. The van der Waals surface area contributed by atoms with Crippen LogP contribution in [0.25, 0.3) is 0 Å². The highest BCUT2D eigenvalue weighted by Crippen LogP contribution is 2.38. The van der Waals surface area contributed by atoms with E-state index in [2.05, 4.69) is 5.32 Å². The Kier molecular flexibility index (Phi) is 3.46. The van der Waals surface area contributed by atoms with Crippen molar-refractivity contribution in [3.05, 3.63) is 18.0 Å². The monoisotopic (exact) mass is 277 g/mol. The van der Waals surface area contributed by atoms with Crippen LogP contribution in [0.4, 0.5) is 5.69 Å². The number of hydrogen-bond donors (Lipinski definition) is 3. The molecule has 1 amide bonds. The quantitative estimate of drug-likeness (QED) is 0.766. The maximum absolute atomic E-state index is 12.4. The van der Waals surface area contributed by atoms with Gasteiger partial charge in [-0.2, -0.15) is 0 Å². The number of amides is 1. The van der Waals surface area contributed by atoms with Gasteiger partial charge >= 0.3 is 0 Å². The van der Waals surface area contributed by atoms with E-state index in [1.807, 2.05) is 10.8 Å². The lowest BCUT2D eigenvalue weighted by molar-refractivity contribution is 0.0872. The summed E-state index contributed by atoms with van der Waals surface area (Å²) in [6.07, 6.45) is 8.36. The van der Waals surface area contributed by atoms with Crippen molar-refractivity contribution in [2.75, 3.05) is 18.9 Å². The van der Waals surface area contributed by atoms with Crippen LogP contribution in [0.3, 0.4) is 0 Å². The summed E-state index contributed by atoms with van der Waals surface area (Å²) in [7, 11) is 0. The third-order valence-electron chi connectivity index (χ3n) is 4.67. The number of rotatable bonds is 5. The van der Waals surface area contributed by atoms with Gasteiger partial charge < -0.3 is 20.7 Å². The average Bonchev–Trinajstić information content (AvgIpc) is 3.06. The first kappa shape index (κ1) is 13.5. The molecule has 4 N–H and O–H groups in total. The second-order valence-corrected chi connectivity index (χ2v) is 6.35. The molecule has 5 nitrogen and oxygen atoms in total. The number of nitrogens with zero attached hydrogens (tertiary/aromatic N) is 1. The number of aliphatic hydroxyl groups is 1. The molecule has 1 heterocycles. The molecule has 0 aliphatic heterocycles. The largest absolute Gasteiger partial charge is 0.397 e. The second kappa shape index (κ2) is 5.13. The van der Waals surface area contributed by atoms with Crippen molar-refractivity contribution in [3.8, 4) is 0 Å². The molecule has 5 heteroatoms. The summed E-state index contributed by atoms with van der Waals surface area (Å²) >= 11 is 0. The molecule has 2 aliphatic rings. The van der Waals surface area contributed by atoms with Crippen LogP contribution in [0.5, 0.6) is 0 Å². The number of anilines is 1. The molecule has 2 fully saturated rings. The Morgan fingerprint density at radius 1 is 1.45 bits per heavy atom. The maximum Gasteiger partial charge on any atom is 0.268 e. The number of carbonyl (C=O) groups is 1. The Hall–Kier alpha value is -1.49. The van der Waals surface area contributed by atoms with E-state index in [1.165, 1.54) is 0 Å². The summed E-state index contributed by atoms with van der Waals surface area (Å²) in [4.78, 5) is 12.4. The van der Waals surface area contributed by atoms with E-state index < -0.39 is 0 Å². The Balaban J connectivity index is 1.67. The number of aromatic nitrogens is 1. The van der Waals surface area contributed by atoms with Gasteiger partial charge in [-0.3, -0.25) is 4.79 Å². The maximum atomic E-state index is 12.4.